The number of nitrogens with zero attached hydrogens (tertiary/aromatic N) is 2. The quantitative estimate of drug-likeness (QED) is 0.783. The highest BCUT2D eigenvalue weighted by molar-refractivity contribution is 6.10. The van der Waals surface area contributed by atoms with Crippen LogP contribution in [0.5, 0.6) is 0 Å². The van der Waals surface area contributed by atoms with Crippen LogP contribution in [0.25, 0.3) is 0 Å². The van der Waals surface area contributed by atoms with E-state index in [1.807, 2.05) is 48.4 Å². The fraction of sp³-hybridized carbons (Fsp3) is 0.429. The van der Waals surface area contributed by atoms with Crippen molar-refractivity contribution in [3.8, 4) is 0 Å². The Morgan fingerprint density at radius 3 is 2.58 bits per heavy atom. The van der Waals surface area contributed by atoms with Gasteiger partial charge >= 0.3 is 5.97 Å². The molecule has 138 valence electrons. The second-order valence-corrected chi connectivity index (χ2v) is 6.59. The zero-order valence-corrected chi connectivity index (χ0v) is 16.0. The molecule has 0 radical (unpaired) electrons. The predicted molar refractivity (Wildman–Crippen MR) is 102 cm³/mol. The Kier molecular flexibility index (Phi) is 5.16. The first kappa shape index (κ1) is 18.2. The molecule has 0 saturated heterocycles. The van der Waals surface area contributed by atoms with Gasteiger partial charge in [-0.3, -0.25) is 4.79 Å². The third-order valence-electron chi connectivity index (χ3n) is 5.12. The first-order valence-corrected chi connectivity index (χ1v) is 9.27. The average Bonchev–Trinajstić information content (AvgIpc) is 2.90. The number of ether oxygens (including phenoxy) is 1. The van der Waals surface area contributed by atoms with E-state index in [4.69, 9.17) is 4.74 Å². The minimum absolute atomic E-state index is 0.0371. The summed E-state index contributed by atoms with van der Waals surface area (Å²) in [5, 5.41) is 0. The summed E-state index contributed by atoms with van der Waals surface area (Å²) >= 11 is 0. The summed E-state index contributed by atoms with van der Waals surface area (Å²) in [4.78, 5) is 27.7. The standard InChI is InChI=1S/C21H26N2O3/c1-5-22-15(4)18(14(3)19(22)21(25)26-6-2)20(24)23-13-9-11-16-10-7-8-12-17(16)23/h7-8,10,12H,5-6,9,11,13H2,1-4H3. The highest BCUT2D eigenvalue weighted by atomic mass is 16.5. The molecular formula is C21H26N2O3. The Morgan fingerprint density at radius 2 is 1.88 bits per heavy atom. The molecule has 0 atom stereocenters. The van der Waals surface area contributed by atoms with Gasteiger partial charge in [0.1, 0.15) is 5.69 Å². The van der Waals surface area contributed by atoms with E-state index in [1.165, 1.54) is 5.56 Å². The van der Waals surface area contributed by atoms with Crippen LogP contribution in [0, 0.1) is 13.8 Å². The van der Waals surface area contributed by atoms with E-state index >= 15 is 0 Å². The van der Waals surface area contributed by atoms with Gasteiger partial charge in [-0.05, 0) is 57.7 Å². The SMILES string of the molecule is CCOC(=O)c1c(C)c(C(=O)N2CCCc3ccccc32)c(C)n1CC. The molecule has 0 N–H and O–H groups in total. The molecule has 2 heterocycles. The van der Waals surface area contributed by atoms with E-state index < -0.39 is 0 Å². The number of aromatic nitrogens is 1. The van der Waals surface area contributed by atoms with Crippen LogP contribution in [-0.2, 0) is 17.7 Å². The summed E-state index contributed by atoms with van der Waals surface area (Å²) in [6.07, 6.45) is 1.93. The number of carbonyl (C=O) groups excluding carboxylic acids is 2. The van der Waals surface area contributed by atoms with Crippen molar-refractivity contribution in [2.24, 2.45) is 0 Å². The maximum atomic E-state index is 13.4. The number of para-hydroxylation sites is 1. The third kappa shape index (κ3) is 2.91. The number of fused-ring (bicyclic) bond motifs is 1. The summed E-state index contributed by atoms with van der Waals surface area (Å²) in [7, 11) is 0. The topological polar surface area (TPSA) is 51.5 Å². The third-order valence-corrected chi connectivity index (χ3v) is 5.12. The van der Waals surface area contributed by atoms with Crippen LogP contribution < -0.4 is 4.90 Å². The Morgan fingerprint density at radius 1 is 1.15 bits per heavy atom. The number of hydrogen-bond acceptors (Lipinski definition) is 3. The zero-order valence-electron chi connectivity index (χ0n) is 16.0. The summed E-state index contributed by atoms with van der Waals surface area (Å²) in [5.41, 5.74) is 4.80. The van der Waals surface area contributed by atoms with Gasteiger partial charge in [0.15, 0.2) is 0 Å². The first-order chi connectivity index (χ1) is 12.5. The van der Waals surface area contributed by atoms with Gasteiger partial charge in [0.25, 0.3) is 5.91 Å². The lowest BCUT2D eigenvalue weighted by Crippen LogP contribution is -2.36. The fourth-order valence-electron chi connectivity index (χ4n) is 3.95. The molecule has 5 heteroatoms. The molecule has 0 unspecified atom stereocenters. The maximum absolute atomic E-state index is 13.4. The van der Waals surface area contributed by atoms with Crippen LogP contribution in [-0.4, -0.2) is 29.6 Å². The highest BCUT2D eigenvalue weighted by Gasteiger charge is 2.31. The second kappa shape index (κ2) is 7.36. The van der Waals surface area contributed by atoms with Gasteiger partial charge in [0.05, 0.1) is 12.2 Å². The number of esters is 1. The summed E-state index contributed by atoms with van der Waals surface area (Å²) in [5.74, 6) is -0.405. The number of amides is 1. The molecule has 0 aliphatic carbocycles. The van der Waals surface area contributed by atoms with Gasteiger partial charge in [0, 0.05) is 24.5 Å². The van der Waals surface area contributed by atoms with Crippen molar-refractivity contribution in [3.63, 3.8) is 0 Å². The molecule has 5 nitrogen and oxygen atoms in total. The summed E-state index contributed by atoms with van der Waals surface area (Å²) in [6, 6.07) is 8.05. The molecule has 26 heavy (non-hydrogen) atoms. The predicted octanol–water partition coefficient (Wildman–Crippen LogP) is 3.89. The minimum Gasteiger partial charge on any atom is -0.461 e. The number of anilines is 1. The average molecular weight is 354 g/mol. The second-order valence-electron chi connectivity index (χ2n) is 6.59. The number of aryl methyl sites for hydroxylation is 1. The van der Waals surface area contributed by atoms with Crippen molar-refractivity contribution in [1.82, 2.24) is 4.57 Å². The number of hydrogen-bond donors (Lipinski definition) is 0. The van der Waals surface area contributed by atoms with Crippen LogP contribution in [0.1, 0.15) is 57.9 Å². The minimum atomic E-state index is -0.368. The van der Waals surface area contributed by atoms with Crippen LogP contribution in [0.4, 0.5) is 5.69 Å². The van der Waals surface area contributed by atoms with E-state index in [0.29, 0.717) is 36.5 Å². The molecule has 1 aromatic heterocycles. The van der Waals surface area contributed by atoms with Crippen LogP contribution in [0.15, 0.2) is 24.3 Å². The molecule has 0 saturated carbocycles. The van der Waals surface area contributed by atoms with Crippen LogP contribution in [0.2, 0.25) is 0 Å². The Hall–Kier alpha value is -2.56. The molecule has 1 aliphatic rings. The molecule has 0 fully saturated rings. The normalized spacial score (nSPS) is 13.5. The Labute approximate surface area is 154 Å². The highest BCUT2D eigenvalue weighted by Crippen LogP contribution is 2.31. The number of rotatable bonds is 4. The van der Waals surface area contributed by atoms with Gasteiger partial charge in [-0.1, -0.05) is 18.2 Å². The monoisotopic (exact) mass is 354 g/mol. The largest absolute Gasteiger partial charge is 0.461 e. The van der Waals surface area contributed by atoms with E-state index in [9.17, 15) is 9.59 Å². The van der Waals surface area contributed by atoms with Gasteiger partial charge in [-0.15, -0.1) is 0 Å². The molecule has 3 rings (SSSR count). The Bertz CT molecular complexity index is 851. The van der Waals surface area contributed by atoms with E-state index in [-0.39, 0.29) is 11.9 Å². The first-order valence-electron chi connectivity index (χ1n) is 9.27. The van der Waals surface area contributed by atoms with Crippen molar-refractivity contribution in [2.45, 2.75) is 47.1 Å². The van der Waals surface area contributed by atoms with Gasteiger partial charge in [-0.2, -0.15) is 0 Å². The van der Waals surface area contributed by atoms with Gasteiger partial charge < -0.3 is 14.2 Å². The Balaban J connectivity index is 2.08. The van der Waals surface area contributed by atoms with E-state index in [1.54, 1.807) is 6.92 Å². The van der Waals surface area contributed by atoms with Crippen molar-refractivity contribution in [2.75, 3.05) is 18.1 Å². The lowest BCUT2D eigenvalue weighted by molar-refractivity contribution is 0.0512. The van der Waals surface area contributed by atoms with Crippen molar-refractivity contribution < 1.29 is 14.3 Å². The molecule has 0 bridgehead atoms. The summed E-state index contributed by atoms with van der Waals surface area (Å²) in [6.45, 7) is 9.13. The summed E-state index contributed by atoms with van der Waals surface area (Å²) < 4.78 is 7.10. The number of carbonyl (C=O) groups is 2. The smallest absolute Gasteiger partial charge is 0.355 e. The molecule has 2 aromatic rings. The van der Waals surface area contributed by atoms with Crippen molar-refractivity contribution >= 4 is 17.6 Å². The lowest BCUT2D eigenvalue weighted by Gasteiger charge is -2.29. The van der Waals surface area contributed by atoms with Gasteiger partial charge in [0.2, 0.25) is 0 Å². The molecular weight excluding hydrogens is 328 g/mol. The molecule has 1 aromatic carbocycles. The molecule has 1 amide bonds. The van der Waals surface area contributed by atoms with Crippen molar-refractivity contribution in [1.29, 1.82) is 0 Å². The van der Waals surface area contributed by atoms with E-state index in [0.717, 1.165) is 24.2 Å². The van der Waals surface area contributed by atoms with Crippen molar-refractivity contribution in [3.05, 3.63) is 52.3 Å². The molecule has 0 spiro atoms. The zero-order chi connectivity index (χ0) is 18.8. The number of benzene rings is 1. The molecule has 1 aliphatic heterocycles. The van der Waals surface area contributed by atoms with Crippen LogP contribution >= 0.6 is 0 Å². The van der Waals surface area contributed by atoms with Gasteiger partial charge in [-0.25, -0.2) is 4.79 Å². The van der Waals surface area contributed by atoms with E-state index in [2.05, 4.69) is 6.07 Å². The lowest BCUT2D eigenvalue weighted by atomic mass is 10.00. The maximum Gasteiger partial charge on any atom is 0.355 e. The fourth-order valence-corrected chi connectivity index (χ4v) is 3.95. The van der Waals surface area contributed by atoms with Crippen LogP contribution in [0.3, 0.4) is 0 Å².